The van der Waals surface area contributed by atoms with E-state index >= 15 is 0 Å². The molecule has 82 valence electrons. The van der Waals surface area contributed by atoms with Crippen LogP contribution in [0.15, 0.2) is 60.8 Å². The van der Waals surface area contributed by atoms with Crippen LogP contribution in [0.1, 0.15) is 13.8 Å². The minimum Gasteiger partial charge on any atom is -0.458 e. The lowest BCUT2D eigenvalue weighted by Gasteiger charge is -2.05. The van der Waals surface area contributed by atoms with Gasteiger partial charge in [-0.05, 0) is 44.4 Å². The van der Waals surface area contributed by atoms with Crippen LogP contribution in [0.25, 0.3) is 0 Å². The number of ether oxygens (including phenoxy) is 1. The highest BCUT2D eigenvalue weighted by Gasteiger charge is 1.94. The molecule has 0 aromatic rings. The summed E-state index contributed by atoms with van der Waals surface area (Å²) in [5, 5.41) is 2.91. The first-order chi connectivity index (χ1) is 7.28. The maximum Gasteiger partial charge on any atom is 0.126 e. The SMILES string of the molecule is C=C/C(=C\C=C/C)OC(/C=C\NC)=C/C. The van der Waals surface area contributed by atoms with Gasteiger partial charge in [-0.2, -0.15) is 0 Å². The summed E-state index contributed by atoms with van der Waals surface area (Å²) < 4.78 is 5.58. The molecule has 0 aromatic heterocycles. The van der Waals surface area contributed by atoms with E-state index < -0.39 is 0 Å². The highest BCUT2D eigenvalue weighted by molar-refractivity contribution is 5.21. The third-order valence-corrected chi connectivity index (χ3v) is 1.59. The summed E-state index contributed by atoms with van der Waals surface area (Å²) in [4.78, 5) is 0. The zero-order valence-electron chi connectivity index (χ0n) is 9.66. The molecule has 0 atom stereocenters. The van der Waals surface area contributed by atoms with Crippen LogP contribution < -0.4 is 5.32 Å². The molecule has 0 aliphatic heterocycles. The second-order valence-corrected chi connectivity index (χ2v) is 2.71. The molecule has 0 saturated heterocycles. The minimum atomic E-state index is 0.724. The van der Waals surface area contributed by atoms with Gasteiger partial charge in [-0.3, -0.25) is 0 Å². The molecule has 0 aliphatic carbocycles. The van der Waals surface area contributed by atoms with Gasteiger partial charge >= 0.3 is 0 Å². The van der Waals surface area contributed by atoms with Gasteiger partial charge in [-0.25, -0.2) is 0 Å². The Kier molecular flexibility index (Phi) is 7.87. The molecule has 0 unspecified atom stereocenters. The van der Waals surface area contributed by atoms with E-state index in [1.54, 1.807) is 6.08 Å². The molecule has 2 nitrogen and oxygen atoms in total. The average molecular weight is 205 g/mol. The fourth-order valence-corrected chi connectivity index (χ4v) is 0.826. The molecular formula is C13H19NO. The van der Waals surface area contributed by atoms with E-state index in [4.69, 9.17) is 4.74 Å². The Morgan fingerprint density at radius 2 is 2.00 bits per heavy atom. The van der Waals surface area contributed by atoms with Gasteiger partial charge in [0.05, 0.1) is 0 Å². The smallest absolute Gasteiger partial charge is 0.126 e. The fraction of sp³-hybridized carbons (Fsp3) is 0.231. The van der Waals surface area contributed by atoms with Crippen LogP contribution in [0.4, 0.5) is 0 Å². The lowest BCUT2D eigenvalue weighted by atomic mass is 10.4. The van der Waals surface area contributed by atoms with Crippen molar-refractivity contribution < 1.29 is 4.74 Å². The number of rotatable bonds is 6. The summed E-state index contributed by atoms with van der Waals surface area (Å²) in [5.41, 5.74) is 0. The highest BCUT2D eigenvalue weighted by Crippen LogP contribution is 2.08. The molecule has 0 aromatic carbocycles. The first kappa shape index (κ1) is 13.3. The Hall–Kier alpha value is -1.70. The number of hydrogen-bond donors (Lipinski definition) is 1. The Morgan fingerprint density at radius 1 is 1.27 bits per heavy atom. The van der Waals surface area contributed by atoms with Gasteiger partial charge in [-0.1, -0.05) is 18.7 Å². The Labute approximate surface area is 92.3 Å². The summed E-state index contributed by atoms with van der Waals surface area (Å²) >= 11 is 0. The molecular weight excluding hydrogens is 186 g/mol. The van der Waals surface area contributed by atoms with Crippen LogP contribution in [0.3, 0.4) is 0 Å². The van der Waals surface area contributed by atoms with E-state index in [1.807, 2.05) is 57.5 Å². The molecule has 0 saturated carbocycles. The van der Waals surface area contributed by atoms with Gasteiger partial charge < -0.3 is 10.1 Å². The van der Waals surface area contributed by atoms with E-state index in [0.717, 1.165) is 11.5 Å². The average Bonchev–Trinajstić information content (AvgIpc) is 2.28. The Bertz CT molecular complexity index is 296. The van der Waals surface area contributed by atoms with E-state index in [-0.39, 0.29) is 0 Å². The summed E-state index contributed by atoms with van der Waals surface area (Å²) in [5.74, 6) is 1.50. The summed E-state index contributed by atoms with van der Waals surface area (Å²) in [7, 11) is 1.84. The molecule has 0 heterocycles. The van der Waals surface area contributed by atoms with Crippen LogP contribution in [0, 0.1) is 0 Å². The van der Waals surface area contributed by atoms with Gasteiger partial charge in [0.2, 0.25) is 0 Å². The van der Waals surface area contributed by atoms with E-state index in [2.05, 4.69) is 11.9 Å². The quantitative estimate of drug-likeness (QED) is 0.530. The third kappa shape index (κ3) is 6.38. The van der Waals surface area contributed by atoms with Crippen molar-refractivity contribution in [3.05, 3.63) is 60.8 Å². The van der Waals surface area contributed by atoms with Crippen molar-refractivity contribution in [2.45, 2.75) is 13.8 Å². The molecule has 15 heavy (non-hydrogen) atoms. The molecule has 0 bridgehead atoms. The van der Waals surface area contributed by atoms with Crippen molar-refractivity contribution in [3.63, 3.8) is 0 Å². The fourth-order valence-electron chi connectivity index (χ4n) is 0.826. The predicted molar refractivity (Wildman–Crippen MR) is 66.1 cm³/mol. The molecule has 0 amide bonds. The van der Waals surface area contributed by atoms with Crippen LogP contribution in [0.2, 0.25) is 0 Å². The lowest BCUT2D eigenvalue weighted by Crippen LogP contribution is -1.94. The van der Waals surface area contributed by atoms with Crippen LogP contribution >= 0.6 is 0 Å². The minimum absolute atomic E-state index is 0.724. The molecule has 0 spiro atoms. The monoisotopic (exact) mass is 205 g/mol. The van der Waals surface area contributed by atoms with Crippen molar-refractivity contribution in [1.29, 1.82) is 0 Å². The van der Waals surface area contributed by atoms with Crippen LogP contribution in [-0.4, -0.2) is 7.05 Å². The van der Waals surface area contributed by atoms with Gasteiger partial charge in [0, 0.05) is 7.05 Å². The van der Waals surface area contributed by atoms with Gasteiger partial charge in [-0.15, -0.1) is 0 Å². The van der Waals surface area contributed by atoms with Crippen LogP contribution in [0.5, 0.6) is 0 Å². The maximum atomic E-state index is 5.58. The molecule has 0 rings (SSSR count). The number of hydrogen-bond acceptors (Lipinski definition) is 2. The summed E-state index contributed by atoms with van der Waals surface area (Å²) in [6.45, 7) is 7.56. The predicted octanol–water partition coefficient (Wildman–Crippen LogP) is 3.29. The molecule has 0 radical (unpaired) electrons. The van der Waals surface area contributed by atoms with E-state index in [9.17, 15) is 0 Å². The first-order valence-corrected chi connectivity index (χ1v) is 4.91. The highest BCUT2D eigenvalue weighted by atomic mass is 16.5. The second kappa shape index (κ2) is 8.88. The molecule has 1 N–H and O–H groups in total. The lowest BCUT2D eigenvalue weighted by molar-refractivity contribution is 0.335. The van der Waals surface area contributed by atoms with E-state index in [0.29, 0.717) is 0 Å². The maximum absolute atomic E-state index is 5.58. The molecule has 0 aliphatic rings. The topological polar surface area (TPSA) is 21.3 Å². The van der Waals surface area contributed by atoms with Crippen molar-refractivity contribution in [2.75, 3.05) is 7.05 Å². The summed E-state index contributed by atoms with van der Waals surface area (Å²) in [6, 6.07) is 0. The van der Waals surface area contributed by atoms with Gasteiger partial charge in [0.15, 0.2) is 0 Å². The van der Waals surface area contributed by atoms with Crippen molar-refractivity contribution in [3.8, 4) is 0 Å². The van der Waals surface area contributed by atoms with Crippen molar-refractivity contribution in [2.24, 2.45) is 0 Å². The Balaban J connectivity index is 4.52. The second-order valence-electron chi connectivity index (χ2n) is 2.71. The van der Waals surface area contributed by atoms with Gasteiger partial charge in [0.1, 0.15) is 11.5 Å². The first-order valence-electron chi connectivity index (χ1n) is 4.91. The normalized spacial score (nSPS) is 13.5. The van der Waals surface area contributed by atoms with Crippen LogP contribution in [-0.2, 0) is 4.74 Å². The summed E-state index contributed by atoms with van der Waals surface area (Å²) in [6.07, 6.45) is 12.9. The third-order valence-electron chi connectivity index (χ3n) is 1.59. The molecule has 2 heteroatoms. The van der Waals surface area contributed by atoms with Crippen molar-refractivity contribution >= 4 is 0 Å². The van der Waals surface area contributed by atoms with Crippen molar-refractivity contribution in [1.82, 2.24) is 5.32 Å². The largest absolute Gasteiger partial charge is 0.458 e. The standard InChI is InChI=1S/C13H19NO/c1-5-8-9-12(6-2)15-13(7-3)10-11-14-4/h5-11,14H,2H2,1,3-4H3/b8-5-,11-10-,12-9+,13-7+. The molecule has 0 fully saturated rings. The zero-order valence-corrected chi connectivity index (χ0v) is 9.66. The van der Waals surface area contributed by atoms with E-state index in [1.165, 1.54) is 0 Å². The zero-order chi connectivity index (χ0) is 11.5. The number of allylic oxidation sites excluding steroid dienone is 6. The number of nitrogens with one attached hydrogen (secondary N) is 1. The Morgan fingerprint density at radius 3 is 2.47 bits per heavy atom. The van der Waals surface area contributed by atoms with Gasteiger partial charge in [0.25, 0.3) is 0 Å².